The van der Waals surface area contributed by atoms with Crippen LogP contribution in [0, 0.1) is 5.82 Å². The Morgan fingerprint density at radius 2 is 2.05 bits per heavy atom. The third-order valence-electron chi connectivity index (χ3n) is 3.23. The van der Waals surface area contributed by atoms with Crippen molar-refractivity contribution in [3.63, 3.8) is 0 Å². The second-order valence-electron chi connectivity index (χ2n) is 4.59. The van der Waals surface area contributed by atoms with Crippen molar-refractivity contribution in [1.82, 2.24) is 4.57 Å². The van der Waals surface area contributed by atoms with E-state index in [1.807, 2.05) is 0 Å². The molecule has 0 spiro atoms. The van der Waals surface area contributed by atoms with E-state index in [9.17, 15) is 9.18 Å². The van der Waals surface area contributed by atoms with Gasteiger partial charge in [0.25, 0.3) is 0 Å². The van der Waals surface area contributed by atoms with Crippen LogP contribution in [0.3, 0.4) is 0 Å². The van der Waals surface area contributed by atoms with Crippen molar-refractivity contribution in [2.75, 3.05) is 0 Å². The van der Waals surface area contributed by atoms with E-state index in [1.54, 1.807) is 24.3 Å². The van der Waals surface area contributed by atoms with Crippen LogP contribution in [0.5, 0.6) is 0 Å². The van der Waals surface area contributed by atoms with Gasteiger partial charge in [-0.1, -0.05) is 24.4 Å². The average molecular weight is 302 g/mol. The standard InChI is InChI=1S/C15H11FN2O2S/c16-10-5-6-11(14(17)21)9(7-10)8-18-12-3-1-2-4-13(12)20-15(18)19/h1-7H,8H2,(H2,17,21). The molecular weight excluding hydrogens is 291 g/mol. The zero-order valence-electron chi connectivity index (χ0n) is 10.9. The third-order valence-corrected chi connectivity index (χ3v) is 3.45. The fraction of sp³-hybridized carbons (Fsp3) is 0.0667. The summed E-state index contributed by atoms with van der Waals surface area (Å²) in [7, 11) is 0. The van der Waals surface area contributed by atoms with Crippen LogP contribution >= 0.6 is 12.2 Å². The number of nitrogens with two attached hydrogens (primary N) is 1. The normalized spacial score (nSPS) is 10.9. The van der Waals surface area contributed by atoms with E-state index in [0.29, 0.717) is 22.2 Å². The van der Waals surface area contributed by atoms with Gasteiger partial charge in [0.15, 0.2) is 5.58 Å². The molecule has 106 valence electrons. The van der Waals surface area contributed by atoms with E-state index in [0.717, 1.165) is 0 Å². The van der Waals surface area contributed by atoms with Crippen LogP contribution in [-0.4, -0.2) is 9.56 Å². The molecule has 3 rings (SSSR count). The molecule has 2 N–H and O–H groups in total. The second kappa shape index (κ2) is 5.14. The van der Waals surface area contributed by atoms with Crippen LogP contribution in [-0.2, 0) is 6.54 Å². The largest absolute Gasteiger partial charge is 0.420 e. The summed E-state index contributed by atoms with van der Waals surface area (Å²) in [6.45, 7) is 0.139. The Hall–Kier alpha value is -2.47. The van der Waals surface area contributed by atoms with Crippen molar-refractivity contribution in [2.24, 2.45) is 5.73 Å². The molecule has 0 saturated carbocycles. The number of benzene rings is 2. The highest BCUT2D eigenvalue weighted by Gasteiger charge is 2.13. The molecule has 1 heterocycles. The zero-order chi connectivity index (χ0) is 15.0. The summed E-state index contributed by atoms with van der Waals surface area (Å²) >= 11 is 4.96. The minimum atomic E-state index is -0.505. The first-order chi connectivity index (χ1) is 10.1. The van der Waals surface area contributed by atoms with Crippen LogP contribution in [0.4, 0.5) is 4.39 Å². The van der Waals surface area contributed by atoms with E-state index in [4.69, 9.17) is 22.4 Å². The molecule has 0 atom stereocenters. The van der Waals surface area contributed by atoms with Gasteiger partial charge in [-0.3, -0.25) is 4.57 Å². The van der Waals surface area contributed by atoms with E-state index < -0.39 is 11.6 Å². The van der Waals surface area contributed by atoms with Gasteiger partial charge in [0, 0.05) is 5.56 Å². The van der Waals surface area contributed by atoms with Crippen molar-refractivity contribution in [2.45, 2.75) is 6.54 Å². The van der Waals surface area contributed by atoms with Gasteiger partial charge in [-0.25, -0.2) is 9.18 Å². The lowest BCUT2D eigenvalue weighted by molar-refractivity contribution is 0.517. The maximum Gasteiger partial charge on any atom is 0.420 e. The van der Waals surface area contributed by atoms with Crippen LogP contribution in [0.15, 0.2) is 51.7 Å². The molecule has 0 aliphatic heterocycles. The minimum Gasteiger partial charge on any atom is -0.408 e. The molecule has 2 aromatic carbocycles. The van der Waals surface area contributed by atoms with Gasteiger partial charge in [0.2, 0.25) is 0 Å². The Morgan fingerprint density at radius 1 is 1.29 bits per heavy atom. The maximum atomic E-state index is 13.5. The number of oxazole rings is 1. The smallest absolute Gasteiger partial charge is 0.408 e. The summed E-state index contributed by atoms with van der Waals surface area (Å²) in [5.74, 6) is -0.916. The second-order valence-corrected chi connectivity index (χ2v) is 5.03. The van der Waals surface area contributed by atoms with E-state index in [-0.39, 0.29) is 11.5 Å². The molecule has 0 radical (unpaired) electrons. The first-order valence-electron chi connectivity index (χ1n) is 6.23. The maximum absolute atomic E-state index is 13.5. The summed E-state index contributed by atoms with van der Waals surface area (Å²) in [4.78, 5) is 12.1. The van der Waals surface area contributed by atoms with Crippen LogP contribution in [0.25, 0.3) is 11.1 Å². The summed E-state index contributed by atoms with van der Waals surface area (Å²) < 4.78 is 20.0. The Bertz CT molecular complexity index is 898. The quantitative estimate of drug-likeness (QED) is 0.755. The molecule has 6 heteroatoms. The SMILES string of the molecule is NC(=S)c1ccc(F)cc1Cn1c(=O)oc2ccccc21. The molecule has 4 nitrogen and oxygen atoms in total. The highest BCUT2D eigenvalue weighted by Crippen LogP contribution is 2.17. The monoisotopic (exact) mass is 302 g/mol. The number of rotatable bonds is 3. The number of nitrogens with zero attached hydrogens (tertiary/aromatic N) is 1. The molecule has 3 aromatic rings. The molecule has 1 aromatic heterocycles. The van der Waals surface area contributed by atoms with Crippen LogP contribution in [0.2, 0.25) is 0 Å². The molecule has 0 bridgehead atoms. The highest BCUT2D eigenvalue weighted by atomic mass is 32.1. The minimum absolute atomic E-state index is 0.139. The zero-order valence-corrected chi connectivity index (χ0v) is 11.7. The summed E-state index contributed by atoms with van der Waals surface area (Å²) in [6.07, 6.45) is 0. The van der Waals surface area contributed by atoms with Gasteiger partial charge in [-0.15, -0.1) is 0 Å². The number of thiocarbonyl (C=S) groups is 1. The molecule has 0 amide bonds. The van der Waals surface area contributed by atoms with Gasteiger partial charge in [0.1, 0.15) is 10.8 Å². The predicted octanol–water partition coefficient (Wildman–Crippen LogP) is 2.42. The third kappa shape index (κ3) is 2.45. The van der Waals surface area contributed by atoms with Crippen LogP contribution in [0.1, 0.15) is 11.1 Å². The van der Waals surface area contributed by atoms with E-state index in [2.05, 4.69) is 0 Å². The molecule has 0 aliphatic carbocycles. The lowest BCUT2D eigenvalue weighted by Gasteiger charge is -2.09. The molecule has 0 aliphatic rings. The van der Waals surface area contributed by atoms with Crippen molar-refractivity contribution in [3.8, 4) is 0 Å². The van der Waals surface area contributed by atoms with E-state index in [1.165, 1.54) is 22.8 Å². The van der Waals surface area contributed by atoms with Gasteiger partial charge >= 0.3 is 5.76 Å². The topological polar surface area (TPSA) is 61.2 Å². The summed E-state index contributed by atoms with van der Waals surface area (Å²) in [5.41, 5.74) is 7.85. The lowest BCUT2D eigenvalue weighted by Crippen LogP contribution is -2.19. The number of halogens is 1. The van der Waals surface area contributed by atoms with Crippen molar-refractivity contribution in [1.29, 1.82) is 0 Å². The molecular formula is C15H11FN2O2S. The molecule has 0 fully saturated rings. The first-order valence-corrected chi connectivity index (χ1v) is 6.63. The number of hydrogen-bond donors (Lipinski definition) is 1. The summed E-state index contributed by atoms with van der Waals surface area (Å²) in [6, 6.07) is 11.2. The van der Waals surface area contributed by atoms with Crippen molar-refractivity contribution in [3.05, 3.63) is 70.0 Å². The first kappa shape index (κ1) is 13.5. The fourth-order valence-corrected chi connectivity index (χ4v) is 2.47. The van der Waals surface area contributed by atoms with Gasteiger partial charge in [-0.2, -0.15) is 0 Å². The van der Waals surface area contributed by atoms with Gasteiger partial charge in [0.05, 0.1) is 12.1 Å². The number of para-hydroxylation sites is 2. The Labute approximate surface area is 124 Å². The van der Waals surface area contributed by atoms with E-state index >= 15 is 0 Å². The predicted molar refractivity (Wildman–Crippen MR) is 81.9 cm³/mol. The lowest BCUT2D eigenvalue weighted by atomic mass is 10.1. The molecule has 0 unspecified atom stereocenters. The Balaban J connectivity index is 2.15. The average Bonchev–Trinajstić information content (AvgIpc) is 2.75. The Morgan fingerprint density at radius 3 is 2.81 bits per heavy atom. The van der Waals surface area contributed by atoms with Crippen LogP contribution < -0.4 is 11.5 Å². The fourth-order valence-electron chi connectivity index (χ4n) is 2.27. The summed E-state index contributed by atoms with van der Waals surface area (Å²) in [5, 5.41) is 0. The number of aromatic nitrogens is 1. The van der Waals surface area contributed by atoms with Gasteiger partial charge < -0.3 is 10.2 Å². The highest BCUT2D eigenvalue weighted by molar-refractivity contribution is 7.80. The molecule has 21 heavy (non-hydrogen) atoms. The number of fused-ring (bicyclic) bond motifs is 1. The van der Waals surface area contributed by atoms with Crippen molar-refractivity contribution >= 4 is 28.3 Å². The number of hydrogen-bond acceptors (Lipinski definition) is 3. The van der Waals surface area contributed by atoms with Crippen molar-refractivity contribution < 1.29 is 8.81 Å². The Kier molecular flexibility index (Phi) is 3.31. The van der Waals surface area contributed by atoms with Gasteiger partial charge in [-0.05, 0) is 35.9 Å². The molecule has 0 saturated heterocycles.